The molecular formula is C20H22N2O4. The first kappa shape index (κ1) is 19.3. The Labute approximate surface area is 152 Å². The second-order valence-electron chi connectivity index (χ2n) is 6.72. The number of aromatic hydroxyl groups is 1. The van der Waals surface area contributed by atoms with Crippen molar-refractivity contribution in [2.75, 3.05) is 0 Å². The highest BCUT2D eigenvalue weighted by atomic mass is 16.5. The molecule has 0 spiro atoms. The van der Waals surface area contributed by atoms with Crippen LogP contribution in [0.2, 0.25) is 0 Å². The summed E-state index contributed by atoms with van der Waals surface area (Å²) < 4.78 is 5.18. The number of hydrogen-bond acceptors (Lipinski definition) is 5. The monoisotopic (exact) mass is 354 g/mol. The van der Waals surface area contributed by atoms with Crippen LogP contribution in [-0.2, 0) is 9.53 Å². The van der Waals surface area contributed by atoms with Gasteiger partial charge in [-0.05, 0) is 42.7 Å². The first-order valence-electron chi connectivity index (χ1n) is 8.34. The Morgan fingerprint density at radius 2 is 1.77 bits per heavy atom. The first-order chi connectivity index (χ1) is 12.2. The van der Waals surface area contributed by atoms with Gasteiger partial charge in [0.05, 0.1) is 6.07 Å². The molecule has 136 valence electrons. The molecule has 26 heavy (non-hydrogen) atoms. The number of nitrogens with one attached hydrogen (secondary N) is 1. The molecule has 0 saturated carbocycles. The molecule has 2 unspecified atom stereocenters. The lowest BCUT2D eigenvalue weighted by molar-refractivity contribution is -0.130. The van der Waals surface area contributed by atoms with Crippen molar-refractivity contribution in [3.05, 3.63) is 42.0 Å². The van der Waals surface area contributed by atoms with E-state index in [1.54, 1.807) is 6.92 Å². The van der Waals surface area contributed by atoms with Gasteiger partial charge in [0.1, 0.15) is 16.9 Å². The number of carbonyl (C=O) groups excluding carboxylic acids is 2. The van der Waals surface area contributed by atoms with Gasteiger partial charge in [-0.25, -0.2) is 4.79 Å². The maximum Gasteiger partial charge on any atom is 0.342 e. The number of ether oxygens (including phenoxy) is 1. The minimum atomic E-state index is -1.11. The molecule has 0 aliphatic heterocycles. The average molecular weight is 354 g/mol. The number of hydrogen-bond donors (Lipinski definition) is 2. The molecule has 2 atom stereocenters. The number of phenols is 1. The van der Waals surface area contributed by atoms with Crippen molar-refractivity contribution in [3.63, 3.8) is 0 Å². The van der Waals surface area contributed by atoms with Gasteiger partial charge >= 0.3 is 5.97 Å². The van der Waals surface area contributed by atoms with Crippen molar-refractivity contribution in [1.82, 2.24) is 5.32 Å². The van der Waals surface area contributed by atoms with Crippen molar-refractivity contribution in [2.45, 2.75) is 39.3 Å². The number of esters is 1. The summed E-state index contributed by atoms with van der Waals surface area (Å²) in [4.78, 5) is 24.7. The average Bonchev–Trinajstić information content (AvgIpc) is 2.60. The van der Waals surface area contributed by atoms with Crippen LogP contribution in [-0.4, -0.2) is 28.6 Å². The summed E-state index contributed by atoms with van der Waals surface area (Å²) in [7, 11) is 0. The van der Waals surface area contributed by atoms with Gasteiger partial charge in [-0.2, -0.15) is 5.26 Å². The Morgan fingerprint density at radius 3 is 2.31 bits per heavy atom. The van der Waals surface area contributed by atoms with Crippen LogP contribution in [0, 0.1) is 17.2 Å². The molecule has 0 aromatic heterocycles. The fraction of sp³-hybridized carbons (Fsp3) is 0.350. The van der Waals surface area contributed by atoms with Crippen LogP contribution in [0.1, 0.15) is 38.1 Å². The summed E-state index contributed by atoms with van der Waals surface area (Å²) in [5.74, 6) is -1.72. The quantitative estimate of drug-likeness (QED) is 0.804. The number of nitriles is 1. The predicted octanol–water partition coefficient (Wildman–Crippen LogP) is 3.15. The maximum atomic E-state index is 12.4. The van der Waals surface area contributed by atoms with Gasteiger partial charge in [0.15, 0.2) is 6.10 Å². The first-order valence-corrected chi connectivity index (χ1v) is 8.34. The van der Waals surface area contributed by atoms with E-state index in [4.69, 9.17) is 4.74 Å². The van der Waals surface area contributed by atoms with Gasteiger partial charge in [-0.1, -0.05) is 38.1 Å². The van der Waals surface area contributed by atoms with Crippen LogP contribution in [0.15, 0.2) is 36.4 Å². The number of phenolic OH excluding ortho intramolecular Hbond substituents is 1. The van der Waals surface area contributed by atoms with E-state index in [1.807, 2.05) is 38.1 Å². The number of amides is 1. The lowest BCUT2D eigenvalue weighted by Crippen LogP contribution is -2.52. The summed E-state index contributed by atoms with van der Waals surface area (Å²) in [6.45, 7) is 6.66. The fourth-order valence-electron chi connectivity index (χ4n) is 2.33. The van der Waals surface area contributed by atoms with Crippen molar-refractivity contribution >= 4 is 22.6 Å². The molecule has 2 rings (SSSR count). The van der Waals surface area contributed by atoms with Crippen molar-refractivity contribution in [1.29, 1.82) is 5.26 Å². The Balaban J connectivity index is 2.15. The van der Waals surface area contributed by atoms with Gasteiger partial charge in [0, 0.05) is 0 Å². The smallest absolute Gasteiger partial charge is 0.342 e. The topological polar surface area (TPSA) is 99.4 Å². The molecule has 2 aromatic carbocycles. The van der Waals surface area contributed by atoms with Crippen LogP contribution < -0.4 is 5.32 Å². The molecule has 2 N–H and O–H groups in total. The standard InChI is InChI=1S/C20H22N2O4/c1-12(2)20(4,11-21)22-18(24)13(3)26-19(25)16-9-14-7-5-6-8-15(14)10-17(16)23/h5-10,12-13,23H,1-4H3,(H,22,24). The summed E-state index contributed by atoms with van der Waals surface area (Å²) in [5, 5.41) is 23.5. The van der Waals surface area contributed by atoms with E-state index in [2.05, 4.69) is 11.4 Å². The molecule has 0 radical (unpaired) electrons. The molecule has 0 saturated heterocycles. The second kappa shape index (κ2) is 7.44. The summed E-state index contributed by atoms with van der Waals surface area (Å²) in [5.41, 5.74) is -1.08. The second-order valence-corrected chi connectivity index (χ2v) is 6.72. The zero-order chi connectivity index (χ0) is 19.5. The van der Waals surface area contributed by atoms with Crippen LogP contribution >= 0.6 is 0 Å². The molecule has 6 nitrogen and oxygen atoms in total. The van der Waals surface area contributed by atoms with E-state index in [0.717, 1.165) is 10.8 Å². The highest BCUT2D eigenvalue weighted by molar-refractivity contribution is 5.99. The number of nitrogens with zero attached hydrogens (tertiary/aromatic N) is 1. The highest BCUT2D eigenvalue weighted by Gasteiger charge is 2.32. The maximum absolute atomic E-state index is 12.4. The zero-order valence-electron chi connectivity index (χ0n) is 15.2. The summed E-state index contributed by atoms with van der Waals surface area (Å²) >= 11 is 0. The van der Waals surface area contributed by atoms with Crippen LogP contribution in [0.3, 0.4) is 0 Å². The van der Waals surface area contributed by atoms with Crippen molar-refractivity contribution in [3.8, 4) is 11.8 Å². The van der Waals surface area contributed by atoms with Gasteiger partial charge in [-0.3, -0.25) is 4.79 Å². The third kappa shape index (κ3) is 3.94. The Kier molecular flexibility index (Phi) is 5.51. The van der Waals surface area contributed by atoms with E-state index in [1.165, 1.54) is 19.1 Å². The Morgan fingerprint density at radius 1 is 1.19 bits per heavy atom. The molecule has 0 aliphatic rings. The normalized spacial score (nSPS) is 14.3. The van der Waals surface area contributed by atoms with Crippen molar-refractivity contribution in [2.24, 2.45) is 5.92 Å². The molecule has 2 aromatic rings. The lowest BCUT2D eigenvalue weighted by atomic mass is 9.90. The molecule has 0 aliphatic carbocycles. The Bertz CT molecular complexity index is 885. The Hall–Kier alpha value is -3.07. The van der Waals surface area contributed by atoms with E-state index < -0.39 is 23.5 Å². The molecular weight excluding hydrogens is 332 g/mol. The van der Waals surface area contributed by atoms with Gasteiger partial charge in [0.2, 0.25) is 0 Å². The molecule has 6 heteroatoms. The van der Waals surface area contributed by atoms with E-state index >= 15 is 0 Å². The van der Waals surface area contributed by atoms with E-state index in [-0.39, 0.29) is 17.2 Å². The molecule has 1 amide bonds. The van der Waals surface area contributed by atoms with Crippen LogP contribution in [0.5, 0.6) is 5.75 Å². The minimum absolute atomic E-state index is 0.0183. The van der Waals surface area contributed by atoms with Crippen LogP contribution in [0.4, 0.5) is 0 Å². The van der Waals surface area contributed by atoms with Crippen LogP contribution in [0.25, 0.3) is 10.8 Å². The van der Waals surface area contributed by atoms with E-state index in [0.29, 0.717) is 0 Å². The lowest BCUT2D eigenvalue weighted by Gasteiger charge is -2.28. The summed E-state index contributed by atoms with van der Waals surface area (Å²) in [6.07, 6.45) is -1.11. The van der Waals surface area contributed by atoms with Gasteiger partial charge < -0.3 is 15.2 Å². The largest absolute Gasteiger partial charge is 0.507 e. The zero-order valence-corrected chi connectivity index (χ0v) is 15.2. The summed E-state index contributed by atoms with van der Waals surface area (Å²) in [6, 6.07) is 12.3. The van der Waals surface area contributed by atoms with Gasteiger partial charge in [0.25, 0.3) is 5.91 Å². The minimum Gasteiger partial charge on any atom is -0.507 e. The molecule has 0 heterocycles. The third-order valence-electron chi connectivity index (χ3n) is 4.51. The fourth-order valence-corrected chi connectivity index (χ4v) is 2.33. The number of fused-ring (bicyclic) bond motifs is 1. The SMILES string of the molecule is CC(OC(=O)c1cc2ccccc2cc1O)C(=O)NC(C)(C#N)C(C)C. The van der Waals surface area contributed by atoms with Gasteiger partial charge in [-0.15, -0.1) is 0 Å². The number of carbonyl (C=O) groups is 2. The highest BCUT2D eigenvalue weighted by Crippen LogP contribution is 2.26. The van der Waals surface area contributed by atoms with E-state index in [9.17, 15) is 20.0 Å². The third-order valence-corrected chi connectivity index (χ3v) is 4.51. The molecule has 0 bridgehead atoms. The van der Waals surface area contributed by atoms with Crippen molar-refractivity contribution < 1.29 is 19.4 Å². The number of benzene rings is 2. The predicted molar refractivity (Wildman–Crippen MR) is 97.5 cm³/mol. The number of rotatable bonds is 5. The molecule has 0 fully saturated rings.